The van der Waals surface area contributed by atoms with E-state index in [1.165, 1.54) is 74.9 Å². The molecule has 15 rings (SSSR count). The number of fused-ring (bicyclic) bond motifs is 9. The second-order valence-corrected chi connectivity index (χ2v) is 34.9. The zero-order valence-electron chi connectivity index (χ0n) is 65.5. The molecule has 123 heavy (non-hydrogen) atoms. The third-order valence-corrected chi connectivity index (χ3v) is 18.7. The molecule has 12 N–H and O–H groups in total. The standard InChI is InChI=1S/C14H14ClFN6.C9H3Cl2FN4.C9H6Cl2FN3.C9H5ClFNO2.C8H2Cl3FN2.C7H16O3.C6H6ClFN2.C5H12N2.C5H8O3.Cl3OP.H4N2/c1-20-2-4-21(5-3-20)13-14-19-17-8-22(14)12-7-10(16)9(15)6-11(12)18-13;10-4-1-6-7(2-5(4)12)16-3-13-15-9(16)8(11)14-6;10-4-1-6-7(2-5(4)12)14-8(3-13)9(11)15-6;10-5-3-7-4(1-6(5)11)2-8(13)9(14)12-7;9-3-1-5-6(2-4(3)12)14-8(11)7(10)13-5;1-4-8-7(9-5-2)10-6-3;7-3-1-5(9)6(10)2-4(3)8;1-7-4-2-6-3-5-7;1-3-8-5(7)4(2)6;1-5(2,3)4;1-2/h6-8H,2-5H2,1H3;1-3H;1-2H,3,13H2;1,3H,2H2,(H,12,14);1-2H;7H,4-6H2,1-3H3;1-2H,9-10H2;6H,2-5H2,1H3;3H2,1-2H3;;1-2H2. The Morgan fingerprint density at radius 1 is 0.504 bits per heavy atom. The number of benzene rings is 6. The SMILES string of the molecule is CCOC(=O)C(C)=O.CCOC(OCC)OCC.CN1CCN(c2nc3cc(Cl)c(F)cc3n3cnnc23)CC1.CN1CCNCC1.Fc1cc2c(cc1Cl)nc(Cl)c1nncn12.Fc1cc2nc(Cl)c(Cl)nc2cc1Cl.NCc1nc2cc(F)c(Cl)cc2nc1Cl.NN.Nc1cc(F)c(Cl)cc1N.O=C1Cc2cc(F)c(Cl)cc2NC1=O.O=P(Cl)(Cl)Cl. The number of esters is 1. The summed E-state index contributed by atoms with van der Waals surface area (Å²) in [7, 11) is 4.25. The first kappa shape index (κ1) is 106. The van der Waals surface area contributed by atoms with Crippen LogP contribution in [-0.2, 0) is 55.7 Å². The zero-order valence-corrected chi connectivity index (χ0v) is 76.2. The number of nitrogens with two attached hydrogens (primary N) is 5. The van der Waals surface area contributed by atoms with Gasteiger partial charge < -0.3 is 61.5 Å². The summed E-state index contributed by atoms with van der Waals surface area (Å²) in [6, 6.07) is 15.5. The topological polar surface area (TPSA) is 424 Å². The van der Waals surface area contributed by atoms with Gasteiger partial charge >= 0.3 is 11.2 Å². The lowest BCUT2D eigenvalue weighted by Gasteiger charge is -2.33. The Morgan fingerprint density at radius 3 is 1.34 bits per heavy atom. The van der Waals surface area contributed by atoms with Crippen molar-refractivity contribution in [2.45, 2.75) is 54.1 Å². The predicted molar refractivity (Wildman–Crippen MR) is 472 cm³/mol. The zero-order chi connectivity index (χ0) is 91.9. The number of ketones is 2. The molecule has 0 atom stereocenters. The lowest BCUT2D eigenvalue weighted by Crippen LogP contribution is -2.45. The number of aromatic nitrogens is 12. The third kappa shape index (κ3) is 33.3. The van der Waals surface area contributed by atoms with E-state index in [-0.39, 0.29) is 76.0 Å². The Hall–Kier alpha value is -7.48. The van der Waals surface area contributed by atoms with Crippen LogP contribution in [0, 0.1) is 34.9 Å². The first-order valence-electron chi connectivity index (χ1n) is 35.4. The summed E-state index contributed by atoms with van der Waals surface area (Å²) < 4.78 is 111. The van der Waals surface area contributed by atoms with Gasteiger partial charge in [0.15, 0.2) is 32.1 Å². The Morgan fingerprint density at radius 2 is 0.894 bits per heavy atom. The minimum Gasteiger partial charge on any atom is -0.460 e. The molecule has 0 saturated carbocycles. The van der Waals surface area contributed by atoms with Crippen LogP contribution in [0.25, 0.3) is 55.4 Å². The average molecular weight is 2000 g/mol. The molecule has 666 valence electrons. The lowest BCUT2D eigenvalue weighted by molar-refractivity contribution is -0.282. The molecule has 0 aliphatic carbocycles. The number of nitrogen functional groups attached to an aromatic ring is 2. The third-order valence-electron chi connectivity index (χ3n) is 15.8. The molecule has 1 amide bonds. The van der Waals surface area contributed by atoms with Crippen molar-refractivity contribution >= 4 is 257 Å². The Labute approximate surface area is 762 Å². The van der Waals surface area contributed by atoms with E-state index in [0.717, 1.165) is 63.3 Å². The maximum Gasteiger partial charge on any atom is 0.374 e. The minimum absolute atomic E-state index is 0.00323. The molecule has 3 aliphatic rings. The number of amides is 1. The first-order valence-corrected chi connectivity index (χ1v) is 43.6. The average Bonchev–Trinajstić information content (AvgIpc) is 1.69. The van der Waals surface area contributed by atoms with Gasteiger partial charge in [-0.25, -0.2) is 61.0 Å². The van der Waals surface area contributed by atoms with Gasteiger partial charge in [0.1, 0.15) is 47.6 Å². The highest BCUT2D eigenvalue weighted by Crippen LogP contribution is 2.61. The summed E-state index contributed by atoms with van der Waals surface area (Å²) >= 11 is 70.4. The highest BCUT2D eigenvalue weighted by molar-refractivity contribution is 8.24. The molecule has 0 radical (unpaired) electrons. The summed E-state index contributed by atoms with van der Waals surface area (Å²) in [5, 5.41) is 18.5. The van der Waals surface area contributed by atoms with Crippen molar-refractivity contribution in [1.29, 1.82) is 0 Å². The maximum absolute atomic E-state index is 13.8. The molecule has 6 aromatic heterocycles. The van der Waals surface area contributed by atoms with Gasteiger partial charge in [-0.15, -0.1) is 20.4 Å². The minimum atomic E-state index is -3.22. The monoisotopic (exact) mass is 1990 g/mol. The maximum atomic E-state index is 13.8. The number of hydrogen-bond acceptors (Lipinski definition) is 28. The molecule has 2 fully saturated rings. The number of carbonyl (C=O) groups excluding carboxylic acids is 4. The number of piperazine rings is 2. The van der Waals surface area contributed by atoms with Gasteiger partial charge in [-0.05, 0) is 124 Å². The van der Waals surface area contributed by atoms with E-state index in [1.54, 1.807) is 28.1 Å². The normalized spacial score (nSPS) is 12.9. The summed E-state index contributed by atoms with van der Waals surface area (Å²) in [4.78, 5) is 73.5. The summed E-state index contributed by atoms with van der Waals surface area (Å²) in [5.74, 6) is 2.98. The van der Waals surface area contributed by atoms with Crippen LogP contribution in [-0.4, -0.2) is 192 Å². The van der Waals surface area contributed by atoms with Crippen LogP contribution in [0.2, 0.25) is 50.7 Å². The van der Waals surface area contributed by atoms with Crippen molar-refractivity contribution in [1.82, 2.24) is 74.2 Å². The molecule has 9 heterocycles. The summed E-state index contributed by atoms with van der Waals surface area (Å²) in [5.41, 5.74) is 22.6. The van der Waals surface area contributed by atoms with Crippen LogP contribution in [0.5, 0.6) is 0 Å². The van der Waals surface area contributed by atoms with Gasteiger partial charge in [0.25, 0.3) is 12.4 Å². The molecule has 31 nitrogen and oxygen atoms in total. The van der Waals surface area contributed by atoms with Gasteiger partial charge in [0.2, 0.25) is 17.2 Å². The molecule has 6 aromatic carbocycles. The number of hydrogen-bond donors (Lipinski definition) is 7. The molecule has 51 heteroatoms. The number of likely N-dealkylation sites (N-methyl/N-ethyl adjacent to an activating group) is 2. The Bertz CT molecular complexity index is 5480. The van der Waals surface area contributed by atoms with Gasteiger partial charge in [0.05, 0.1) is 97.9 Å². The highest BCUT2D eigenvalue weighted by Gasteiger charge is 2.26. The number of carbonyl (C=O) groups is 4. The Balaban J connectivity index is 0.000000248. The molecular weight excluding hydrogens is 1920 g/mol. The van der Waals surface area contributed by atoms with Gasteiger partial charge in [-0.3, -0.25) is 39.4 Å². The summed E-state index contributed by atoms with van der Waals surface area (Å²) in [6.45, 7) is 18.8. The van der Waals surface area contributed by atoms with Gasteiger partial charge in [-0.2, -0.15) is 0 Å². The van der Waals surface area contributed by atoms with Gasteiger partial charge in [0, 0.05) is 128 Å². The van der Waals surface area contributed by atoms with E-state index in [1.807, 2.05) is 20.8 Å². The fourth-order valence-electron chi connectivity index (χ4n) is 9.92. The smallest absolute Gasteiger partial charge is 0.374 e. The highest BCUT2D eigenvalue weighted by atomic mass is 36.0. The molecule has 3 aliphatic heterocycles. The number of rotatable bonds is 10. The number of halogens is 19. The van der Waals surface area contributed by atoms with E-state index >= 15 is 0 Å². The lowest BCUT2D eigenvalue weighted by atomic mass is 10.0. The quantitative estimate of drug-likeness (QED) is 0.00977. The van der Waals surface area contributed by atoms with Crippen LogP contribution in [0.15, 0.2) is 85.5 Å². The number of nitrogens with one attached hydrogen (secondary N) is 2. The van der Waals surface area contributed by atoms with Crippen molar-refractivity contribution in [2.75, 3.05) is 115 Å². The van der Waals surface area contributed by atoms with E-state index < -0.39 is 70.0 Å². The number of nitrogens with zero attached hydrogens (tertiary/aromatic N) is 15. The van der Waals surface area contributed by atoms with Crippen molar-refractivity contribution < 1.29 is 69.0 Å². The molecule has 12 aromatic rings. The second-order valence-electron chi connectivity index (χ2n) is 24.4. The van der Waals surface area contributed by atoms with Crippen molar-refractivity contribution in [2.24, 2.45) is 17.4 Å². The van der Waals surface area contributed by atoms with Crippen LogP contribution in [0.4, 0.5) is 49.2 Å². The fraction of sp³-hybridized carbons (Fsp3) is 0.306. The summed E-state index contributed by atoms with van der Waals surface area (Å²) in [6.07, 6.45) is 2.94. The van der Waals surface area contributed by atoms with Crippen LogP contribution in [0.3, 0.4) is 0 Å². The second kappa shape index (κ2) is 52.0. The van der Waals surface area contributed by atoms with Crippen LogP contribution >= 0.6 is 155 Å². The molecular formula is C72H76Cl13F6N22O9P. The molecule has 0 unspecified atom stereocenters. The molecule has 2 saturated heterocycles. The van der Waals surface area contributed by atoms with E-state index in [4.69, 9.17) is 147 Å². The van der Waals surface area contributed by atoms with Crippen molar-refractivity contribution in [3.05, 3.63) is 182 Å². The number of ether oxygens (including phenoxy) is 4. The first-order chi connectivity index (χ1) is 58.1. The van der Waals surface area contributed by atoms with E-state index in [2.05, 4.69) is 140 Å². The fourth-order valence-corrected chi connectivity index (χ4v) is 11.6. The van der Waals surface area contributed by atoms with Crippen LogP contribution in [0.1, 0.15) is 45.9 Å². The van der Waals surface area contributed by atoms with E-state index in [0.29, 0.717) is 97.9 Å². The largest absolute Gasteiger partial charge is 0.460 e. The predicted octanol–water partition coefficient (Wildman–Crippen LogP) is 16.7. The van der Waals surface area contributed by atoms with Crippen LogP contribution < -0.4 is 44.4 Å². The molecule has 0 spiro atoms. The van der Waals surface area contributed by atoms with E-state index in [9.17, 15) is 50.1 Å². The Kier molecular flexibility index (Phi) is 44.8. The number of hydrazine groups is 1. The van der Waals surface area contributed by atoms with Gasteiger partial charge in [-0.1, -0.05) is 116 Å². The number of anilines is 4. The number of Topliss-reactive ketones (excluding diaryl/α,β-unsaturated/α-hetero) is 2. The van der Waals surface area contributed by atoms with Crippen molar-refractivity contribution in [3.63, 3.8) is 0 Å². The molecule has 0 bridgehead atoms. The van der Waals surface area contributed by atoms with Crippen molar-refractivity contribution in [3.8, 4) is 0 Å².